The van der Waals surface area contributed by atoms with Gasteiger partial charge in [0, 0.05) is 20.7 Å². The van der Waals surface area contributed by atoms with Crippen LogP contribution in [0.4, 0.5) is 0 Å². The maximum atomic E-state index is 12.7. The molecule has 0 saturated heterocycles. The van der Waals surface area contributed by atoms with Gasteiger partial charge in [-0.05, 0) is 42.7 Å². The van der Waals surface area contributed by atoms with Gasteiger partial charge in [-0.2, -0.15) is 0 Å². The summed E-state index contributed by atoms with van der Waals surface area (Å²) in [4.78, 5) is 17.1. The van der Waals surface area contributed by atoms with Gasteiger partial charge in [-0.3, -0.25) is 9.78 Å². The number of carbonyl (C=O) groups is 1. The average molecular weight is 381 g/mol. The molecule has 0 bridgehead atoms. The largest absolute Gasteiger partial charge is 0.293 e. The van der Waals surface area contributed by atoms with Gasteiger partial charge in [-0.1, -0.05) is 37.9 Å². The molecule has 2 aromatic rings. The predicted octanol–water partition coefficient (Wildman–Crippen LogP) is 4.52. The molecule has 1 unspecified atom stereocenters. The zero-order chi connectivity index (χ0) is 13.4. The molecule has 0 amide bonds. The molecule has 1 heterocycles. The van der Waals surface area contributed by atoms with Crippen LogP contribution in [0.2, 0.25) is 0 Å². The lowest BCUT2D eigenvalue weighted by Crippen LogP contribution is -2.12. The highest BCUT2D eigenvalue weighted by molar-refractivity contribution is 9.11. The van der Waals surface area contributed by atoms with E-state index in [1.54, 1.807) is 6.20 Å². The van der Waals surface area contributed by atoms with Gasteiger partial charge in [-0.15, -0.1) is 0 Å². The molecule has 0 N–H and O–H groups in total. The number of Topliss-reactive ketones (excluding diaryl/α,β-unsaturated/α-hetero) is 1. The molecule has 1 aromatic carbocycles. The molecular weight excluding hydrogens is 370 g/mol. The summed E-state index contributed by atoms with van der Waals surface area (Å²) >= 11 is 6.87. The highest BCUT2D eigenvalue weighted by Crippen LogP contribution is 2.35. The first-order valence-corrected chi connectivity index (χ1v) is 7.68. The summed E-state index contributed by atoms with van der Waals surface area (Å²) in [5.74, 6) is 0.0347. The summed E-state index contributed by atoms with van der Waals surface area (Å²) in [6.07, 6.45) is 3.55. The number of aryl methyl sites for hydroxylation is 1. The molecule has 0 spiro atoms. The molecule has 1 aromatic heterocycles. The molecular formula is C15H11Br2NO. The lowest BCUT2D eigenvalue weighted by Gasteiger charge is -2.11. The maximum absolute atomic E-state index is 12.7. The van der Waals surface area contributed by atoms with E-state index in [2.05, 4.69) is 42.9 Å². The van der Waals surface area contributed by atoms with Crippen LogP contribution in [0, 0.1) is 0 Å². The van der Waals surface area contributed by atoms with Crippen molar-refractivity contribution in [3.8, 4) is 0 Å². The molecule has 1 aliphatic carbocycles. The zero-order valence-corrected chi connectivity index (χ0v) is 13.2. The SMILES string of the molecule is O=C(c1cc(Br)ccc1Br)C1CCc2cccnc21. The van der Waals surface area contributed by atoms with Crippen molar-refractivity contribution in [2.75, 3.05) is 0 Å². The summed E-state index contributed by atoms with van der Waals surface area (Å²) in [5, 5.41) is 0. The fraction of sp³-hybridized carbons (Fsp3) is 0.200. The van der Waals surface area contributed by atoms with Crippen molar-refractivity contribution in [1.29, 1.82) is 0 Å². The van der Waals surface area contributed by atoms with Crippen LogP contribution in [0.25, 0.3) is 0 Å². The van der Waals surface area contributed by atoms with Gasteiger partial charge >= 0.3 is 0 Å². The maximum Gasteiger partial charge on any atom is 0.173 e. The number of carbonyl (C=O) groups excluding carboxylic acids is 1. The van der Waals surface area contributed by atoms with E-state index in [0.717, 1.165) is 33.0 Å². The normalized spacial score (nSPS) is 17.3. The van der Waals surface area contributed by atoms with Crippen LogP contribution in [-0.2, 0) is 6.42 Å². The second-order valence-corrected chi connectivity index (χ2v) is 6.40. The number of halogens is 2. The van der Waals surface area contributed by atoms with E-state index in [4.69, 9.17) is 0 Å². The molecule has 0 aliphatic heterocycles. The van der Waals surface area contributed by atoms with Crippen LogP contribution in [0.5, 0.6) is 0 Å². The standard InChI is InChI=1S/C15H11Br2NO/c16-10-4-6-13(17)12(8-10)15(19)11-5-3-9-2-1-7-18-14(9)11/h1-2,4,6-8,11H,3,5H2. The van der Waals surface area contributed by atoms with E-state index in [1.165, 1.54) is 5.56 Å². The number of benzene rings is 1. The van der Waals surface area contributed by atoms with E-state index in [9.17, 15) is 4.79 Å². The molecule has 0 fully saturated rings. The Labute approximate surface area is 128 Å². The second kappa shape index (κ2) is 5.17. The Morgan fingerprint density at radius 2 is 2.11 bits per heavy atom. The summed E-state index contributed by atoms with van der Waals surface area (Å²) in [5.41, 5.74) is 2.87. The Morgan fingerprint density at radius 3 is 2.95 bits per heavy atom. The number of ketones is 1. The predicted molar refractivity (Wildman–Crippen MR) is 81.5 cm³/mol. The van der Waals surface area contributed by atoms with Gasteiger partial charge in [0.2, 0.25) is 0 Å². The van der Waals surface area contributed by atoms with Crippen LogP contribution in [0.3, 0.4) is 0 Å². The molecule has 0 saturated carbocycles. The smallest absolute Gasteiger partial charge is 0.173 e. The molecule has 19 heavy (non-hydrogen) atoms. The first kappa shape index (κ1) is 13.0. The van der Waals surface area contributed by atoms with E-state index in [1.807, 2.05) is 24.3 Å². The highest BCUT2D eigenvalue weighted by Gasteiger charge is 2.31. The Hall–Kier alpha value is -1.00. The molecule has 1 atom stereocenters. The third kappa shape index (κ3) is 2.39. The first-order valence-electron chi connectivity index (χ1n) is 6.10. The van der Waals surface area contributed by atoms with Gasteiger partial charge in [0.1, 0.15) is 0 Å². The van der Waals surface area contributed by atoms with Crippen LogP contribution in [0.1, 0.15) is 34.0 Å². The van der Waals surface area contributed by atoms with Crippen LogP contribution >= 0.6 is 31.9 Å². The van der Waals surface area contributed by atoms with Gasteiger partial charge in [0.25, 0.3) is 0 Å². The minimum Gasteiger partial charge on any atom is -0.293 e. The van der Waals surface area contributed by atoms with E-state index in [-0.39, 0.29) is 11.7 Å². The molecule has 0 radical (unpaired) electrons. The van der Waals surface area contributed by atoms with Gasteiger partial charge in [0.15, 0.2) is 5.78 Å². The lowest BCUT2D eigenvalue weighted by atomic mass is 9.95. The Bertz CT molecular complexity index is 654. The molecule has 3 rings (SSSR count). The Kier molecular flexibility index (Phi) is 3.54. The zero-order valence-electron chi connectivity index (χ0n) is 10.1. The number of rotatable bonds is 2. The van der Waals surface area contributed by atoms with Crippen molar-refractivity contribution in [2.45, 2.75) is 18.8 Å². The third-order valence-electron chi connectivity index (χ3n) is 3.47. The summed E-state index contributed by atoms with van der Waals surface area (Å²) in [6.45, 7) is 0. The fourth-order valence-electron chi connectivity index (χ4n) is 2.54. The second-order valence-electron chi connectivity index (χ2n) is 4.63. The van der Waals surface area contributed by atoms with Crippen molar-refractivity contribution in [3.05, 3.63) is 62.3 Å². The average Bonchev–Trinajstić information content (AvgIpc) is 2.84. The number of pyridine rings is 1. The van der Waals surface area contributed by atoms with Gasteiger partial charge in [-0.25, -0.2) is 0 Å². The number of hydrogen-bond acceptors (Lipinski definition) is 2. The van der Waals surface area contributed by atoms with Gasteiger partial charge in [0.05, 0.1) is 11.6 Å². The highest BCUT2D eigenvalue weighted by atomic mass is 79.9. The quantitative estimate of drug-likeness (QED) is 0.717. The van der Waals surface area contributed by atoms with Crippen molar-refractivity contribution in [1.82, 2.24) is 4.98 Å². The summed E-state index contributed by atoms with van der Waals surface area (Å²) < 4.78 is 1.75. The van der Waals surface area contributed by atoms with Crippen LogP contribution in [0.15, 0.2) is 45.5 Å². The first-order chi connectivity index (χ1) is 9.16. The Balaban J connectivity index is 2.00. The number of hydrogen-bond donors (Lipinski definition) is 0. The summed E-state index contributed by atoms with van der Waals surface area (Å²) in [7, 11) is 0. The molecule has 96 valence electrons. The number of fused-ring (bicyclic) bond motifs is 1. The van der Waals surface area contributed by atoms with Crippen molar-refractivity contribution < 1.29 is 4.79 Å². The third-order valence-corrected chi connectivity index (χ3v) is 4.65. The van der Waals surface area contributed by atoms with Gasteiger partial charge < -0.3 is 0 Å². The number of nitrogens with zero attached hydrogens (tertiary/aromatic N) is 1. The molecule has 2 nitrogen and oxygen atoms in total. The monoisotopic (exact) mass is 379 g/mol. The van der Waals surface area contributed by atoms with E-state index < -0.39 is 0 Å². The topological polar surface area (TPSA) is 30.0 Å². The minimum atomic E-state index is -0.109. The minimum absolute atomic E-state index is 0.109. The van der Waals surface area contributed by atoms with Crippen molar-refractivity contribution in [2.24, 2.45) is 0 Å². The summed E-state index contributed by atoms with van der Waals surface area (Å²) in [6, 6.07) is 9.67. The van der Waals surface area contributed by atoms with E-state index >= 15 is 0 Å². The fourth-order valence-corrected chi connectivity index (χ4v) is 3.34. The molecule has 4 heteroatoms. The number of aromatic nitrogens is 1. The van der Waals surface area contributed by atoms with Crippen molar-refractivity contribution >= 4 is 37.6 Å². The lowest BCUT2D eigenvalue weighted by molar-refractivity contribution is 0.0957. The van der Waals surface area contributed by atoms with Crippen molar-refractivity contribution in [3.63, 3.8) is 0 Å². The van der Waals surface area contributed by atoms with Crippen LogP contribution < -0.4 is 0 Å². The molecule has 1 aliphatic rings. The van der Waals surface area contributed by atoms with E-state index in [0.29, 0.717) is 0 Å². The van der Waals surface area contributed by atoms with Crippen LogP contribution in [-0.4, -0.2) is 10.8 Å². The Morgan fingerprint density at radius 1 is 1.26 bits per heavy atom.